The van der Waals surface area contributed by atoms with Crippen molar-refractivity contribution in [1.82, 2.24) is 41.9 Å². The lowest BCUT2D eigenvalue weighted by Gasteiger charge is -2.28. The number of nitrogens with zero attached hydrogens (tertiary/aromatic N) is 2. The number of aromatic nitrogens is 2. The summed E-state index contributed by atoms with van der Waals surface area (Å²) in [5, 5.41) is 17.3. The maximum Gasteiger partial charge on any atom is 0.252 e. The molecule has 6 N–H and O–H groups in total. The van der Waals surface area contributed by atoms with E-state index in [4.69, 9.17) is 14.2 Å². The molecule has 0 unspecified atom stereocenters. The topological polar surface area (TPSA) is 228 Å². The Morgan fingerprint density at radius 1 is 0.442 bits per heavy atom. The first-order valence-corrected chi connectivity index (χ1v) is 25.9. The molecule has 17 nitrogen and oxygen atoms in total. The Morgan fingerprint density at radius 2 is 0.779 bits per heavy atom. The predicted octanol–water partition coefficient (Wildman–Crippen LogP) is 5.08. The predicted molar refractivity (Wildman–Crippen MR) is 289 cm³/mol. The zero-order chi connectivity index (χ0) is 54.5. The van der Waals surface area contributed by atoms with Crippen LogP contribution in [0.1, 0.15) is 61.3 Å². The number of pyridine rings is 2. The highest BCUT2D eigenvalue weighted by molar-refractivity contribution is 5.95. The molecule has 17 heteroatoms. The van der Waals surface area contributed by atoms with Gasteiger partial charge >= 0.3 is 0 Å². The minimum atomic E-state index is -1.56. The molecule has 6 amide bonds. The molecule has 0 radical (unpaired) electrons. The average molecular weight is 1050 g/mol. The van der Waals surface area contributed by atoms with Crippen LogP contribution in [0.2, 0.25) is 0 Å². The standard InChI is InChI=1S/C60H68N8O9/c1-39(2)49(57(71)63-35-45-29-17-19-31-61-45)67-55(69)47(33-41-21-9-5-10-22-41)65-59(73)53-51(75-37-43-25-13-7-14-26-43)52(76-38-44-27-15-8-16-28-44)54(77-53)60(74)66-48(34-42-23-11-6-12-24-42)56(70)68-50(40(3)4)58(72)64-36-46-30-18-20-32-62-46/h5-32,39-40,47-54H,33-38H2,1-4H3,(H,63,71)(H,64,72)(H,65,73)(H,66,74)(H,67,69)(H,68,70)/t47-,48-,49-,50-,51-,52-,53+,54+/m0/s1. The molecular formula is C60H68N8O9. The largest absolute Gasteiger partial charge is 0.367 e. The summed E-state index contributed by atoms with van der Waals surface area (Å²) in [5.74, 6) is -4.45. The van der Waals surface area contributed by atoms with Crippen LogP contribution in [0.5, 0.6) is 0 Å². The third-order valence-corrected chi connectivity index (χ3v) is 13.0. The van der Waals surface area contributed by atoms with Crippen LogP contribution in [-0.2, 0) is 82.1 Å². The van der Waals surface area contributed by atoms with Gasteiger partial charge in [0.25, 0.3) is 11.8 Å². The molecule has 0 bridgehead atoms. The molecule has 3 heterocycles. The summed E-state index contributed by atoms with van der Waals surface area (Å²) in [7, 11) is 0. The minimum Gasteiger partial charge on any atom is -0.367 e. The highest BCUT2D eigenvalue weighted by Crippen LogP contribution is 2.30. The van der Waals surface area contributed by atoms with Gasteiger partial charge in [0.15, 0.2) is 12.2 Å². The fourth-order valence-corrected chi connectivity index (χ4v) is 8.76. The van der Waals surface area contributed by atoms with Gasteiger partial charge in [-0.3, -0.25) is 38.7 Å². The van der Waals surface area contributed by atoms with E-state index in [0.29, 0.717) is 22.5 Å². The lowest BCUT2D eigenvalue weighted by molar-refractivity contribution is -0.146. The van der Waals surface area contributed by atoms with Crippen molar-refractivity contribution in [3.8, 4) is 0 Å². The van der Waals surface area contributed by atoms with Gasteiger partial charge < -0.3 is 46.1 Å². The maximum atomic E-state index is 15.1. The number of rotatable bonds is 26. The third kappa shape index (κ3) is 16.9. The van der Waals surface area contributed by atoms with E-state index in [2.05, 4.69) is 41.9 Å². The second-order valence-electron chi connectivity index (χ2n) is 19.5. The number of nitrogens with one attached hydrogen (secondary N) is 6. The zero-order valence-electron chi connectivity index (χ0n) is 43.8. The molecule has 1 saturated heterocycles. The van der Waals surface area contributed by atoms with E-state index in [9.17, 15) is 19.2 Å². The Bertz CT molecular complexity index is 2620. The van der Waals surface area contributed by atoms with Gasteiger partial charge in [-0.25, -0.2) is 0 Å². The van der Waals surface area contributed by atoms with Gasteiger partial charge in [0, 0.05) is 25.2 Å². The molecule has 0 aliphatic carbocycles. The van der Waals surface area contributed by atoms with Crippen LogP contribution >= 0.6 is 0 Å². The molecule has 7 rings (SSSR count). The van der Waals surface area contributed by atoms with Crippen molar-refractivity contribution in [1.29, 1.82) is 0 Å². The fourth-order valence-electron chi connectivity index (χ4n) is 8.76. The van der Waals surface area contributed by atoms with E-state index in [1.807, 2.05) is 133 Å². The van der Waals surface area contributed by atoms with Crippen molar-refractivity contribution in [2.75, 3.05) is 0 Å². The first-order chi connectivity index (χ1) is 37.3. The molecule has 1 fully saturated rings. The number of benzene rings is 4. The van der Waals surface area contributed by atoms with Gasteiger partial charge in [-0.15, -0.1) is 0 Å². The number of hydrogen-bond acceptors (Lipinski definition) is 11. The van der Waals surface area contributed by atoms with Crippen LogP contribution < -0.4 is 31.9 Å². The summed E-state index contributed by atoms with van der Waals surface area (Å²) in [6.07, 6.45) is -2.34. The van der Waals surface area contributed by atoms with E-state index < -0.39 is 84.0 Å². The summed E-state index contributed by atoms with van der Waals surface area (Å²) < 4.78 is 19.7. The molecule has 1 aliphatic heterocycles. The first-order valence-electron chi connectivity index (χ1n) is 25.9. The Balaban J connectivity index is 1.18. The molecule has 2 aromatic heterocycles. The number of carbonyl (C=O) groups excluding carboxylic acids is 6. The average Bonchev–Trinajstić information content (AvgIpc) is 3.84. The minimum absolute atomic E-state index is 0.0200. The fraction of sp³-hybridized carbons (Fsp3) is 0.333. The number of carbonyl (C=O) groups is 6. The van der Waals surface area contributed by atoms with Crippen LogP contribution in [-0.4, -0.2) is 94.0 Å². The van der Waals surface area contributed by atoms with Crippen LogP contribution in [0, 0.1) is 11.8 Å². The van der Waals surface area contributed by atoms with E-state index in [0.717, 1.165) is 11.1 Å². The summed E-state index contributed by atoms with van der Waals surface area (Å²) in [5.41, 5.74) is 4.21. The van der Waals surface area contributed by atoms with E-state index in [1.165, 1.54) is 0 Å². The van der Waals surface area contributed by atoms with Gasteiger partial charge in [-0.05, 0) is 58.4 Å². The summed E-state index contributed by atoms with van der Waals surface area (Å²) in [6, 6.07) is 42.9. The first kappa shape index (κ1) is 56.6. The van der Waals surface area contributed by atoms with Crippen LogP contribution in [0.15, 0.2) is 170 Å². The molecule has 1 aliphatic rings. The van der Waals surface area contributed by atoms with E-state index >= 15 is 9.59 Å². The highest BCUT2D eigenvalue weighted by Gasteiger charge is 2.53. The van der Waals surface area contributed by atoms with Crippen molar-refractivity contribution < 1.29 is 43.0 Å². The monoisotopic (exact) mass is 1040 g/mol. The molecule has 77 heavy (non-hydrogen) atoms. The molecule has 0 spiro atoms. The van der Waals surface area contributed by atoms with Gasteiger partial charge in [-0.2, -0.15) is 0 Å². The Labute approximate surface area is 449 Å². The second kappa shape index (κ2) is 28.7. The van der Waals surface area contributed by atoms with Crippen molar-refractivity contribution in [2.45, 2.75) is 115 Å². The Morgan fingerprint density at radius 3 is 1.10 bits per heavy atom. The lowest BCUT2D eigenvalue weighted by Crippen LogP contribution is -2.57. The normalized spacial score (nSPS) is 17.5. The number of ether oxygens (including phenoxy) is 3. The summed E-state index contributed by atoms with van der Waals surface area (Å²) in [4.78, 5) is 95.1. The van der Waals surface area contributed by atoms with Crippen molar-refractivity contribution >= 4 is 35.4 Å². The number of amides is 6. The van der Waals surface area contributed by atoms with Gasteiger partial charge in [0.1, 0.15) is 36.4 Å². The highest BCUT2D eigenvalue weighted by atomic mass is 16.6. The quantitative estimate of drug-likeness (QED) is 0.0420. The van der Waals surface area contributed by atoms with Crippen LogP contribution in [0.4, 0.5) is 0 Å². The Kier molecular flexibility index (Phi) is 21.1. The maximum absolute atomic E-state index is 15.1. The van der Waals surface area contributed by atoms with Crippen molar-refractivity contribution in [3.05, 3.63) is 204 Å². The van der Waals surface area contributed by atoms with Crippen LogP contribution in [0.3, 0.4) is 0 Å². The van der Waals surface area contributed by atoms with Crippen molar-refractivity contribution in [2.24, 2.45) is 11.8 Å². The summed E-state index contributed by atoms with van der Waals surface area (Å²) >= 11 is 0. The molecule has 0 saturated carbocycles. The summed E-state index contributed by atoms with van der Waals surface area (Å²) in [6.45, 7) is 7.44. The molecule has 6 aromatic rings. The third-order valence-electron chi connectivity index (χ3n) is 13.0. The van der Waals surface area contributed by atoms with E-state index in [1.54, 1.807) is 64.4 Å². The van der Waals surface area contributed by atoms with Gasteiger partial charge in [0.05, 0.1) is 37.7 Å². The Hall–Kier alpha value is -8.12. The zero-order valence-corrected chi connectivity index (χ0v) is 43.8. The second-order valence-corrected chi connectivity index (χ2v) is 19.5. The van der Waals surface area contributed by atoms with E-state index in [-0.39, 0.29) is 51.0 Å². The van der Waals surface area contributed by atoms with Crippen LogP contribution in [0.25, 0.3) is 0 Å². The van der Waals surface area contributed by atoms with Crippen molar-refractivity contribution in [3.63, 3.8) is 0 Å². The molecule has 8 atom stereocenters. The molecular weight excluding hydrogens is 977 g/mol. The SMILES string of the molecule is CC(C)[C@H](NC(=O)[C@H](Cc1ccccc1)NC(=O)[C@@H]1O[C@@H](C(=O)N[C@@H](Cc2ccccc2)C(=O)N[C@H](C(=O)NCc2ccccn2)C(C)C)[C@@H](OCc2ccccc2)[C@@H]1OCc1ccccc1)C(=O)NCc1ccccn1. The van der Waals surface area contributed by atoms with Gasteiger partial charge in [-0.1, -0.05) is 161 Å². The van der Waals surface area contributed by atoms with Gasteiger partial charge in [0.2, 0.25) is 23.6 Å². The lowest BCUT2D eigenvalue weighted by atomic mass is 10.00. The number of hydrogen-bond donors (Lipinski definition) is 6. The molecule has 4 aromatic carbocycles. The smallest absolute Gasteiger partial charge is 0.252 e. The molecule has 402 valence electrons.